The third kappa shape index (κ3) is 3.22. The molecule has 0 aromatic heterocycles. The molecule has 4 aliphatic rings. The van der Waals surface area contributed by atoms with E-state index in [2.05, 4.69) is 0 Å². The molecule has 0 unspecified atom stereocenters. The van der Waals surface area contributed by atoms with E-state index in [-0.39, 0.29) is 17.9 Å². The Morgan fingerprint density at radius 2 is 1.67 bits per heavy atom. The molecule has 0 N–H and O–H groups in total. The number of fused-ring (bicyclic) bond motifs is 3. The molecule has 39 heavy (non-hydrogen) atoms. The van der Waals surface area contributed by atoms with Crippen molar-refractivity contribution >= 4 is 23.6 Å². The van der Waals surface area contributed by atoms with Crippen molar-refractivity contribution in [1.82, 2.24) is 9.80 Å². The van der Waals surface area contributed by atoms with Crippen molar-refractivity contribution in [2.75, 3.05) is 14.2 Å². The molecule has 1 amide bonds. The number of hydrogen-bond donors (Lipinski definition) is 0. The molecule has 5 atom stereocenters. The monoisotopic (exact) mass is 530 g/mol. The Kier molecular flexibility index (Phi) is 5.87. The van der Waals surface area contributed by atoms with E-state index in [9.17, 15) is 19.2 Å². The number of ether oxygens (including phenoxy) is 3. The summed E-state index contributed by atoms with van der Waals surface area (Å²) >= 11 is 0. The van der Waals surface area contributed by atoms with Gasteiger partial charge in [0.2, 0.25) is 5.85 Å². The second-order valence-electron chi connectivity index (χ2n) is 10.5. The predicted molar refractivity (Wildman–Crippen MR) is 137 cm³/mol. The number of Topliss-reactive ketones (excluding diaryl/α,β-unsaturated/α-hetero) is 1. The first-order chi connectivity index (χ1) is 18.8. The Balaban J connectivity index is 1.68. The average Bonchev–Trinajstić information content (AvgIpc) is 3.42. The first kappa shape index (κ1) is 25.3. The minimum absolute atomic E-state index is 0.0753. The first-order valence-electron chi connectivity index (χ1n) is 13.1. The summed E-state index contributed by atoms with van der Waals surface area (Å²) in [5, 5.41) is 0. The fraction of sp³-hybridized carbons (Fsp3) is 0.400. The molecular formula is C30H30N2O7. The molecule has 6 rings (SSSR count). The van der Waals surface area contributed by atoms with E-state index in [0.717, 1.165) is 5.56 Å². The lowest BCUT2D eigenvalue weighted by Crippen LogP contribution is -2.71. The van der Waals surface area contributed by atoms with Gasteiger partial charge in [-0.1, -0.05) is 60.7 Å². The van der Waals surface area contributed by atoms with Gasteiger partial charge in [0.15, 0.2) is 0 Å². The largest absolute Gasteiger partial charge is 0.466 e. The number of esters is 2. The van der Waals surface area contributed by atoms with Crippen LogP contribution in [0.5, 0.6) is 0 Å². The summed E-state index contributed by atoms with van der Waals surface area (Å²) in [4.78, 5) is 58.6. The van der Waals surface area contributed by atoms with Crippen molar-refractivity contribution in [3.05, 3.63) is 83.1 Å². The van der Waals surface area contributed by atoms with Crippen molar-refractivity contribution in [3.63, 3.8) is 0 Å². The summed E-state index contributed by atoms with van der Waals surface area (Å²) in [6.45, 7) is 2.01. The van der Waals surface area contributed by atoms with Gasteiger partial charge in [-0.2, -0.15) is 0 Å². The van der Waals surface area contributed by atoms with Crippen LogP contribution in [0.15, 0.2) is 71.9 Å². The van der Waals surface area contributed by atoms with Gasteiger partial charge in [0.05, 0.1) is 31.8 Å². The quantitative estimate of drug-likeness (QED) is 0.429. The Morgan fingerprint density at radius 3 is 2.31 bits per heavy atom. The lowest BCUT2D eigenvalue weighted by molar-refractivity contribution is -0.227. The molecule has 9 nitrogen and oxygen atoms in total. The number of methoxy groups -OCH3 is 2. The van der Waals surface area contributed by atoms with Crippen molar-refractivity contribution in [1.29, 1.82) is 0 Å². The van der Waals surface area contributed by atoms with Crippen molar-refractivity contribution < 1.29 is 33.4 Å². The summed E-state index contributed by atoms with van der Waals surface area (Å²) in [5.41, 5.74) is 0.286. The van der Waals surface area contributed by atoms with Gasteiger partial charge >= 0.3 is 11.9 Å². The van der Waals surface area contributed by atoms with E-state index in [1.54, 1.807) is 6.92 Å². The lowest BCUT2D eigenvalue weighted by atomic mass is 9.65. The predicted octanol–water partition coefficient (Wildman–Crippen LogP) is 3.11. The summed E-state index contributed by atoms with van der Waals surface area (Å²) in [6, 6.07) is 17.7. The Morgan fingerprint density at radius 1 is 1.00 bits per heavy atom. The van der Waals surface area contributed by atoms with Crippen molar-refractivity contribution in [3.8, 4) is 0 Å². The number of rotatable bonds is 5. The maximum absolute atomic E-state index is 14.6. The Bertz CT molecular complexity index is 1390. The molecule has 1 aliphatic carbocycles. The van der Waals surface area contributed by atoms with Gasteiger partial charge in [-0.3, -0.25) is 14.5 Å². The second-order valence-corrected chi connectivity index (χ2v) is 10.5. The van der Waals surface area contributed by atoms with E-state index in [0.29, 0.717) is 30.5 Å². The fourth-order valence-electron chi connectivity index (χ4n) is 7.17. The van der Waals surface area contributed by atoms with Crippen LogP contribution < -0.4 is 0 Å². The SMILES string of the molecule is COC(=O)C1=C(C)N(Cc2ccccc2)[C@]23O[C@](C(=O)OC)(C(=O)N2[C@@H]1c1ccccc1)[C@H]1CCCC(=O)[C@H]13. The zero-order valence-corrected chi connectivity index (χ0v) is 22.1. The number of benzene rings is 2. The van der Waals surface area contributed by atoms with Crippen LogP contribution in [-0.4, -0.2) is 59.1 Å². The molecule has 9 heteroatoms. The van der Waals surface area contributed by atoms with Gasteiger partial charge in [-0.05, 0) is 30.9 Å². The third-order valence-electron chi connectivity index (χ3n) is 8.71. The number of hydrogen-bond acceptors (Lipinski definition) is 8. The number of carbonyl (C=O) groups excluding carboxylic acids is 4. The smallest absolute Gasteiger partial charge is 0.348 e. The standard InChI is InChI=1S/C30H30N2O7/c1-18-23(26(34)37-2)25(20-13-8-5-9-14-20)32-27(35)29(28(36)38-3)21-15-10-16-22(33)24(21)30(32,39-29)31(18)17-19-11-6-4-7-12-19/h4-9,11-14,21,24-25H,10,15-17H2,1-3H3/t21-,24-,25+,29-,30-/m0/s1. The van der Waals surface area contributed by atoms with Crippen LogP contribution >= 0.6 is 0 Å². The molecule has 1 saturated carbocycles. The van der Waals surface area contributed by atoms with Crippen LogP contribution in [0.2, 0.25) is 0 Å². The number of ketones is 1. The summed E-state index contributed by atoms with van der Waals surface area (Å²) < 4.78 is 17.1. The van der Waals surface area contributed by atoms with Crippen molar-refractivity contribution in [2.24, 2.45) is 11.8 Å². The number of amides is 1. The average molecular weight is 531 g/mol. The van der Waals surface area contributed by atoms with E-state index in [1.807, 2.05) is 65.6 Å². The van der Waals surface area contributed by atoms with Crippen molar-refractivity contribution in [2.45, 2.75) is 50.2 Å². The molecule has 3 aliphatic heterocycles. The van der Waals surface area contributed by atoms with Gasteiger partial charge in [0.25, 0.3) is 11.5 Å². The van der Waals surface area contributed by atoms with E-state index < -0.39 is 47.2 Å². The first-order valence-corrected chi connectivity index (χ1v) is 13.1. The van der Waals surface area contributed by atoms with Gasteiger partial charge in [0, 0.05) is 24.6 Å². The molecule has 202 valence electrons. The third-order valence-corrected chi connectivity index (χ3v) is 8.71. The fourth-order valence-corrected chi connectivity index (χ4v) is 7.17. The highest BCUT2D eigenvalue weighted by molar-refractivity contribution is 6.12. The number of allylic oxidation sites excluding steroid dienone is 1. The zero-order chi connectivity index (χ0) is 27.5. The minimum atomic E-state index is -2.00. The normalized spacial score (nSPS) is 31.2. The van der Waals surface area contributed by atoms with E-state index in [4.69, 9.17) is 14.2 Å². The Hall–Kier alpha value is -3.98. The molecule has 2 saturated heterocycles. The van der Waals surface area contributed by atoms with Gasteiger partial charge in [-0.25, -0.2) is 9.59 Å². The topological polar surface area (TPSA) is 102 Å². The summed E-state index contributed by atoms with van der Waals surface area (Å²) in [5.74, 6) is -5.24. The molecule has 2 bridgehead atoms. The van der Waals surface area contributed by atoms with Crippen LogP contribution in [0, 0.1) is 11.8 Å². The van der Waals surface area contributed by atoms with E-state index in [1.165, 1.54) is 19.1 Å². The molecule has 3 heterocycles. The highest BCUT2D eigenvalue weighted by Crippen LogP contribution is 2.66. The molecule has 3 fully saturated rings. The highest BCUT2D eigenvalue weighted by Gasteiger charge is 2.84. The zero-order valence-electron chi connectivity index (χ0n) is 22.1. The highest BCUT2D eigenvalue weighted by atomic mass is 16.6. The molecule has 2 aromatic rings. The second kappa shape index (κ2) is 9.05. The Labute approximate surface area is 226 Å². The molecule has 2 aromatic carbocycles. The minimum Gasteiger partial charge on any atom is -0.466 e. The van der Waals surface area contributed by atoms with Crippen LogP contribution in [0.1, 0.15) is 43.4 Å². The number of piperidine rings is 1. The molecule has 0 radical (unpaired) electrons. The number of carbonyl (C=O) groups is 4. The van der Waals surface area contributed by atoms with Gasteiger partial charge in [0.1, 0.15) is 5.78 Å². The molecular weight excluding hydrogens is 500 g/mol. The maximum Gasteiger partial charge on any atom is 0.348 e. The van der Waals surface area contributed by atoms with Gasteiger partial charge in [-0.15, -0.1) is 0 Å². The van der Waals surface area contributed by atoms with Crippen LogP contribution in [0.3, 0.4) is 0 Å². The van der Waals surface area contributed by atoms with Crippen LogP contribution in [0.25, 0.3) is 0 Å². The number of nitrogens with zero attached hydrogens (tertiary/aromatic N) is 2. The maximum atomic E-state index is 14.6. The summed E-state index contributed by atoms with van der Waals surface area (Å²) in [6.07, 6.45) is 1.33. The summed E-state index contributed by atoms with van der Waals surface area (Å²) in [7, 11) is 2.51. The van der Waals surface area contributed by atoms with Gasteiger partial charge < -0.3 is 19.1 Å². The molecule has 1 spiro atoms. The lowest BCUT2D eigenvalue weighted by Gasteiger charge is -2.57. The van der Waals surface area contributed by atoms with Crippen LogP contribution in [0.4, 0.5) is 0 Å². The van der Waals surface area contributed by atoms with Crippen LogP contribution in [-0.2, 0) is 39.9 Å². The van der Waals surface area contributed by atoms with E-state index >= 15 is 0 Å².